The second kappa shape index (κ2) is 5.10. The number of terminal acetylenes is 1. The third-order valence-corrected chi connectivity index (χ3v) is 3.61. The minimum absolute atomic E-state index is 0.213. The van der Waals surface area contributed by atoms with E-state index in [4.69, 9.17) is 6.42 Å². The van der Waals surface area contributed by atoms with Crippen LogP contribution in [-0.4, -0.2) is 10.7 Å². The van der Waals surface area contributed by atoms with Gasteiger partial charge < -0.3 is 5.11 Å². The fourth-order valence-corrected chi connectivity index (χ4v) is 2.54. The molecule has 1 rings (SSSR count). The van der Waals surface area contributed by atoms with Crippen molar-refractivity contribution < 1.29 is 5.11 Å². The molecule has 1 heteroatoms. The average molecular weight is 232 g/mol. The van der Waals surface area contributed by atoms with Crippen molar-refractivity contribution in [3.05, 3.63) is 23.3 Å². The van der Waals surface area contributed by atoms with Crippen molar-refractivity contribution in [2.75, 3.05) is 0 Å². The molecule has 94 valence electrons. The first-order valence-electron chi connectivity index (χ1n) is 6.34. The van der Waals surface area contributed by atoms with Crippen molar-refractivity contribution in [3.8, 4) is 12.3 Å². The Labute approximate surface area is 106 Å². The van der Waals surface area contributed by atoms with Gasteiger partial charge in [0.25, 0.3) is 0 Å². The summed E-state index contributed by atoms with van der Waals surface area (Å²) in [6.07, 6.45) is 13.2. The van der Waals surface area contributed by atoms with Crippen LogP contribution in [0.1, 0.15) is 53.4 Å². The van der Waals surface area contributed by atoms with Crippen molar-refractivity contribution in [3.63, 3.8) is 0 Å². The monoisotopic (exact) mass is 232 g/mol. The lowest BCUT2D eigenvalue weighted by atomic mass is 9.72. The third kappa shape index (κ3) is 3.75. The standard InChI is InChI=1S/C16H24O/c1-6-10-16(5,17)12-9-14-13(2)8-7-11-15(14,3)4/h1,9,12,17H,7-8,10-11H2,2-5H3/b12-9+/t16-/m1/s1. The molecule has 0 bridgehead atoms. The van der Waals surface area contributed by atoms with Crippen LogP contribution in [0.3, 0.4) is 0 Å². The van der Waals surface area contributed by atoms with Gasteiger partial charge in [-0.25, -0.2) is 0 Å². The second-order valence-electron chi connectivity index (χ2n) is 6.00. The molecule has 0 unspecified atom stereocenters. The lowest BCUT2D eigenvalue weighted by Crippen LogP contribution is -2.22. The number of hydrogen-bond acceptors (Lipinski definition) is 1. The van der Waals surface area contributed by atoms with E-state index >= 15 is 0 Å². The SMILES string of the molecule is C#CC[C@@](C)(O)/C=C/C1=C(C)CCCC1(C)C. The summed E-state index contributed by atoms with van der Waals surface area (Å²) in [5, 5.41) is 10.0. The minimum Gasteiger partial charge on any atom is -0.385 e. The predicted molar refractivity (Wildman–Crippen MR) is 73.5 cm³/mol. The Morgan fingerprint density at radius 2 is 2.18 bits per heavy atom. The van der Waals surface area contributed by atoms with Crippen LogP contribution in [0.4, 0.5) is 0 Å². The normalized spacial score (nSPS) is 23.5. The molecule has 0 radical (unpaired) electrons. The Bertz CT molecular complexity index is 375. The van der Waals surface area contributed by atoms with Gasteiger partial charge in [0.2, 0.25) is 0 Å². The molecule has 0 aromatic carbocycles. The molecule has 0 amide bonds. The summed E-state index contributed by atoms with van der Waals surface area (Å²) in [6.45, 7) is 8.49. The number of hydrogen-bond donors (Lipinski definition) is 1. The lowest BCUT2D eigenvalue weighted by molar-refractivity contribution is 0.117. The fourth-order valence-electron chi connectivity index (χ4n) is 2.54. The van der Waals surface area contributed by atoms with E-state index in [9.17, 15) is 5.11 Å². The summed E-state index contributed by atoms with van der Waals surface area (Å²) >= 11 is 0. The Morgan fingerprint density at radius 3 is 2.71 bits per heavy atom. The van der Waals surface area contributed by atoms with E-state index in [1.807, 2.05) is 6.08 Å². The van der Waals surface area contributed by atoms with Crippen LogP contribution in [0.2, 0.25) is 0 Å². The van der Waals surface area contributed by atoms with Gasteiger partial charge in [-0.15, -0.1) is 12.3 Å². The zero-order valence-corrected chi connectivity index (χ0v) is 11.5. The zero-order chi connectivity index (χ0) is 13.1. The summed E-state index contributed by atoms with van der Waals surface area (Å²) < 4.78 is 0. The predicted octanol–water partition coefficient (Wildman–Crippen LogP) is 3.84. The van der Waals surface area contributed by atoms with Crippen LogP contribution in [0, 0.1) is 17.8 Å². The van der Waals surface area contributed by atoms with E-state index < -0.39 is 5.60 Å². The van der Waals surface area contributed by atoms with Gasteiger partial charge >= 0.3 is 0 Å². The molecular formula is C16H24O. The molecule has 0 saturated carbocycles. The number of aliphatic hydroxyl groups is 1. The van der Waals surface area contributed by atoms with Gasteiger partial charge in [0.15, 0.2) is 0 Å². The van der Waals surface area contributed by atoms with Crippen molar-refractivity contribution in [2.45, 2.75) is 59.0 Å². The van der Waals surface area contributed by atoms with E-state index in [1.54, 1.807) is 6.92 Å². The van der Waals surface area contributed by atoms with Crippen LogP contribution in [0.5, 0.6) is 0 Å². The van der Waals surface area contributed by atoms with E-state index in [2.05, 4.69) is 32.8 Å². The molecular weight excluding hydrogens is 208 g/mol. The largest absolute Gasteiger partial charge is 0.385 e. The first kappa shape index (κ1) is 14.1. The highest BCUT2D eigenvalue weighted by atomic mass is 16.3. The number of rotatable bonds is 3. The fraction of sp³-hybridized carbons (Fsp3) is 0.625. The van der Waals surface area contributed by atoms with Gasteiger partial charge in [0.05, 0.1) is 5.60 Å². The van der Waals surface area contributed by atoms with Crippen LogP contribution in [0.25, 0.3) is 0 Å². The highest BCUT2D eigenvalue weighted by Crippen LogP contribution is 2.40. The Morgan fingerprint density at radius 1 is 1.53 bits per heavy atom. The summed E-state index contributed by atoms with van der Waals surface area (Å²) in [6, 6.07) is 0. The molecule has 1 N–H and O–H groups in total. The first-order chi connectivity index (χ1) is 7.78. The summed E-state index contributed by atoms with van der Waals surface area (Å²) in [4.78, 5) is 0. The van der Waals surface area contributed by atoms with Gasteiger partial charge in [0, 0.05) is 6.42 Å². The van der Waals surface area contributed by atoms with E-state index in [-0.39, 0.29) is 5.41 Å². The Kier molecular flexibility index (Phi) is 4.22. The Hall–Kier alpha value is -1.00. The highest BCUT2D eigenvalue weighted by Gasteiger charge is 2.27. The lowest BCUT2D eigenvalue weighted by Gasteiger charge is -2.33. The van der Waals surface area contributed by atoms with Gasteiger partial charge in [-0.2, -0.15) is 0 Å². The quantitative estimate of drug-likeness (QED) is 0.733. The molecule has 0 aromatic rings. The van der Waals surface area contributed by atoms with Gasteiger partial charge in [-0.05, 0) is 44.1 Å². The van der Waals surface area contributed by atoms with Crippen LogP contribution < -0.4 is 0 Å². The molecule has 0 aliphatic heterocycles. The molecule has 1 atom stereocenters. The third-order valence-electron chi connectivity index (χ3n) is 3.61. The molecule has 1 aliphatic carbocycles. The molecule has 1 aliphatic rings. The first-order valence-corrected chi connectivity index (χ1v) is 6.34. The maximum absolute atomic E-state index is 10.0. The van der Waals surface area contributed by atoms with Crippen LogP contribution in [0.15, 0.2) is 23.3 Å². The molecule has 0 fully saturated rings. The summed E-state index contributed by atoms with van der Waals surface area (Å²) in [5.41, 5.74) is 2.12. The smallest absolute Gasteiger partial charge is 0.0911 e. The summed E-state index contributed by atoms with van der Waals surface area (Å²) in [5.74, 6) is 2.51. The van der Waals surface area contributed by atoms with E-state index in [0.717, 1.165) is 0 Å². The summed E-state index contributed by atoms with van der Waals surface area (Å²) in [7, 11) is 0. The molecule has 17 heavy (non-hydrogen) atoms. The molecule has 1 nitrogen and oxygen atoms in total. The highest BCUT2D eigenvalue weighted by molar-refractivity contribution is 5.33. The van der Waals surface area contributed by atoms with Crippen molar-refractivity contribution in [1.82, 2.24) is 0 Å². The van der Waals surface area contributed by atoms with E-state index in [1.165, 1.54) is 30.4 Å². The van der Waals surface area contributed by atoms with Crippen molar-refractivity contribution in [2.24, 2.45) is 5.41 Å². The topological polar surface area (TPSA) is 20.2 Å². The van der Waals surface area contributed by atoms with Crippen LogP contribution >= 0.6 is 0 Å². The second-order valence-corrected chi connectivity index (χ2v) is 6.00. The Balaban J connectivity index is 2.93. The zero-order valence-electron chi connectivity index (χ0n) is 11.5. The average Bonchev–Trinajstić information content (AvgIpc) is 2.15. The van der Waals surface area contributed by atoms with Crippen molar-refractivity contribution >= 4 is 0 Å². The molecule has 0 saturated heterocycles. The van der Waals surface area contributed by atoms with E-state index in [0.29, 0.717) is 6.42 Å². The van der Waals surface area contributed by atoms with Crippen LogP contribution in [-0.2, 0) is 0 Å². The molecule has 0 aromatic heterocycles. The minimum atomic E-state index is -0.893. The van der Waals surface area contributed by atoms with Gasteiger partial charge in [-0.3, -0.25) is 0 Å². The van der Waals surface area contributed by atoms with Gasteiger partial charge in [-0.1, -0.05) is 31.6 Å². The number of allylic oxidation sites excluding steroid dienone is 3. The maximum atomic E-state index is 10.0. The van der Waals surface area contributed by atoms with Gasteiger partial charge in [0.1, 0.15) is 0 Å². The molecule has 0 heterocycles. The van der Waals surface area contributed by atoms with Crippen molar-refractivity contribution in [1.29, 1.82) is 0 Å². The maximum Gasteiger partial charge on any atom is 0.0911 e. The molecule has 0 spiro atoms.